The number of carbonyl (C=O) groups is 3. The molecule has 7 heteroatoms. The van der Waals surface area contributed by atoms with E-state index < -0.39 is 23.5 Å². The molecule has 0 atom stereocenters. The second kappa shape index (κ2) is 7.62. The van der Waals surface area contributed by atoms with Gasteiger partial charge in [-0.05, 0) is 24.8 Å². The van der Waals surface area contributed by atoms with Gasteiger partial charge in [0, 0.05) is 0 Å². The minimum atomic E-state index is -0.943. The lowest BCUT2D eigenvalue weighted by atomic mass is 9.76. The van der Waals surface area contributed by atoms with Crippen LogP contribution in [0.3, 0.4) is 0 Å². The first-order chi connectivity index (χ1) is 11.1. The number of rotatable bonds is 6. The molecule has 0 aliphatic heterocycles. The number of hydrogen-bond acceptors (Lipinski definition) is 5. The summed E-state index contributed by atoms with van der Waals surface area (Å²) in [6.45, 7) is -0.132. The quantitative estimate of drug-likeness (QED) is 0.766. The van der Waals surface area contributed by atoms with Crippen LogP contribution in [0, 0.1) is 0 Å². The standard InChI is InChI=1S/C16H20N2O5/c1-22-14(20)16(8-5-9-16)18-13(19)10-17-15(21)23-11-12-6-3-2-4-7-12/h2-4,6-7H,5,8-11H2,1H3,(H,17,21)(H,18,19). The third-order valence-corrected chi connectivity index (χ3v) is 3.77. The average Bonchev–Trinajstić information content (AvgIpc) is 2.54. The third-order valence-electron chi connectivity index (χ3n) is 3.77. The fraction of sp³-hybridized carbons (Fsp3) is 0.438. The van der Waals surface area contributed by atoms with Gasteiger partial charge in [-0.15, -0.1) is 0 Å². The molecule has 0 radical (unpaired) electrons. The lowest BCUT2D eigenvalue weighted by Gasteiger charge is -2.39. The fourth-order valence-corrected chi connectivity index (χ4v) is 2.34. The Morgan fingerprint density at radius 1 is 1.17 bits per heavy atom. The van der Waals surface area contributed by atoms with Gasteiger partial charge in [0.15, 0.2) is 0 Å². The molecule has 0 bridgehead atoms. The van der Waals surface area contributed by atoms with Crippen molar-refractivity contribution in [2.24, 2.45) is 0 Å². The number of methoxy groups -OCH3 is 1. The smallest absolute Gasteiger partial charge is 0.407 e. The number of hydrogen-bond donors (Lipinski definition) is 2. The van der Waals surface area contributed by atoms with Crippen LogP contribution in [-0.4, -0.2) is 37.2 Å². The Morgan fingerprint density at radius 3 is 2.43 bits per heavy atom. The van der Waals surface area contributed by atoms with E-state index in [1.807, 2.05) is 30.3 Å². The van der Waals surface area contributed by atoms with Crippen molar-refractivity contribution in [3.63, 3.8) is 0 Å². The summed E-state index contributed by atoms with van der Waals surface area (Å²) in [5.74, 6) is -0.907. The lowest BCUT2D eigenvalue weighted by Crippen LogP contribution is -2.61. The molecule has 0 spiro atoms. The zero-order chi connectivity index (χ0) is 16.7. The molecule has 1 saturated carbocycles. The Bertz CT molecular complexity index is 569. The summed E-state index contributed by atoms with van der Waals surface area (Å²) < 4.78 is 9.70. The molecule has 7 nitrogen and oxygen atoms in total. The van der Waals surface area contributed by atoms with Gasteiger partial charge in [-0.25, -0.2) is 9.59 Å². The number of alkyl carbamates (subject to hydrolysis) is 1. The minimum Gasteiger partial charge on any atom is -0.467 e. The highest BCUT2D eigenvalue weighted by Crippen LogP contribution is 2.32. The van der Waals surface area contributed by atoms with E-state index in [0.29, 0.717) is 12.8 Å². The van der Waals surface area contributed by atoms with Gasteiger partial charge in [-0.3, -0.25) is 4.79 Å². The number of benzene rings is 1. The van der Waals surface area contributed by atoms with E-state index in [4.69, 9.17) is 9.47 Å². The molecule has 2 amide bonds. The van der Waals surface area contributed by atoms with E-state index >= 15 is 0 Å². The van der Waals surface area contributed by atoms with Crippen molar-refractivity contribution in [3.8, 4) is 0 Å². The van der Waals surface area contributed by atoms with E-state index in [1.165, 1.54) is 7.11 Å². The van der Waals surface area contributed by atoms with E-state index in [2.05, 4.69) is 10.6 Å². The topological polar surface area (TPSA) is 93.7 Å². The predicted molar refractivity (Wildman–Crippen MR) is 81.4 cm³/mol. The summed E-state index contributed by atoms with van der Waals surface area (Å²) in [6, 6.07) is 9.21. The van der Waals surface area contributed by atoms with Crippen LogP contribution in [0.2, 0.25) is 0 Å². The Labute approximate surface area is 134 Å². The van der Waals surface area contributed by atoms with E-state index in [1.54, 1.807) is 0 Å². The van der Waals surface area contributed by atoms with E-state index in [-0.39, 0.29) is 13.2 Å². The van der Waals surface area contributed by atoms with Crippen LogP contribution in [0.25, 0.3) is 0 Å². The van der Waals surface area contributed by atoms with Gasteiger partial charge < -0.3 is 20.1 Å². The molecule has 124 valence electrons. The van der Waals surface area contributed by atoms with Crippen molar-refractivity contribution in [1.29, 1.82) is 0 Å². The Hall–Kier alpha value is -2.57. The van der Waals surface area contributed by atoms with Crippen LogP contribution in [0.15, 0.2) is 30.3 Å². The highest BCUT2D eigenvalue weighted by molar-refractivity contribution is 5.90. The zero-order valence-electron chi connectivity index (χ0n) is 13.0. The third kappa shape index (κ3) is 4.45. The number of ether oxygens (including phenoxy) is 2. The van der Waals surface area contributed by atoms with Gasteiger partial charge in [0.2, 0.25) is 5.91 Å². The van der Waals surface area contributed by atoms with Crippen molar-refractivity contribution in [1.82, 2.24) is 10.6 Å². The molecule has 1 fully saturated rings. The van der Waals surface area contributed by atoms with Gasteiger partial charge in [-0.2, -0.15) is 0 Å². The number of carbonyl (C=O) groups excluding carboxylic acids is 3. The predicted octanol–water partition coefficient (Wildman–Crippen LogP) is 1.12. The maximum atomic E-state index is 11.9. The highest BCUT2D eigenvalue weighted by atomic mass is 16.5. The van der Waals surface area contributed by atoms with Crippen LogP contribution >= 0.6 is 0 Å². The average molecular weight is 320 g/mol. The molecule has 2 N–H and O–H groups in total. The Morgan fingerprint density at radius 2 is 1.87 bits per heavy atom. The van der Waals surface area contributed by atoms with Crippen LogP contribution < -0.4 is 10.6 Å². The molecule has 1 aromatic carbocycles. The maximum absolute atomic E-state index is 11.9. The molecule has 1 aliphatic carbocycles. The summed E-state index contributed by atoms with van der Waals surface area (Å²) in [5, 5.41) is 4.98. The molecule has 0 heterocycles. The summed E-state index contributed by atoms with van der Waals surface area (Å²) in [6.07, 6.45) is 1.25. The molecular weight excluding hydrogens is 300 g/mol. The highest BCUT2D eigenvalue weighted by Gasteiger charge is 2.46. The summed E-state index contributed by atoms with van der Waals surface area (Å²) in [4.78, 5) is 35.1. The van der Waals surface area contributed by atoms with Gasteiger partial charge in [0.05, 0.1) is 7.11 Å². The monoisotopic (exact) mass is 320 g/mol. The molecule has 0 unspecified atom stereocenters. The summed E-state index contributed by atoms with van der Waals surface area (Å²) in [5.41, 5.74) is -0.0900. The minimum absolute atomic E-state index is 0.125. The molecule has 2 rings (SSSR count). The lowest BCUT2D eigenvalue weighted by molar-refractivity contribution is -0.155. The SMILES string of the molecule is COC(=O)C1(NC(=O)CNC(=O)OCc2ccccc2)CCC1. The number of esters is 1. The Balaban J connectivity index is 1.71. The van der Waals surface area contributed by atoms with Crippen molar-refractivity contribution in [3.05, 3.63) is 35.9 Å². The Kier molecular flexibility index (Phi) is 5.56. The maximum Gasteiger partial charge on any atom is 0.407 e. The first-order valence-corrected chi connectivity index (χ1v) is 7.40. The molecule has 1 aromatic rings. The van der Waals surface area contributed by atoms with Crippen molar-refractivity contribution in [2.45, 2.75) is 31.4 Å². The second-order valence-corrected chi connectivity index (χ2v) is 5.39. The number of nitrogens with one attached hydrogen (secondary N) is 2. The normalized spacial score (nSPS) is 15.0. The van der Waals surface area contributed by atoms with Crippen LogP contribution in [0.4, 0.5) is 4.79 Å². The first kappa shape index (κ1) is 16.8. The van der Waals surface area contributed by atoms with Crippen molar-refractivity contribution >= 4 is 18.0 Å². The summed E-state index contributed by atoms with van der Waals surface area (Å²) in [7, 11) is 1.29. The summed E-state index contributed by atoms with van der Waals surface area (Å²) >= 11 is 0. The van der Waals surface area contributed by atoms with Gasteiger partial charge in [-0.1, -0.05) is 30.3 Å². The van der Waals surface area contributed by atoms with Gasteiger partial charge in [0.1, 0.15) is 18.7 Å². The van der Waals surface area contributed by atoms with Gasteiger partial charge in [0.25, 0.3) is 0 Å². The van der Waals surface area contributed by atoms with Crippen LogP contribution in [-0.2, 0) is 25.7 Å². The molecule has 23 heavy (non-hydrogen) atoms. The van der Waals surface area contributed by atoms with Gasteiger partial charge >= 0.3 is 12.1 Å². The van der Waals surface area contributed by atoms with Crippen LogP contribution in [0.1, 0.15) is 24.8 Å². The van der Waals surface area contributed by atoms with Crippen molar-refractivity contribution < 1.29 is 23.9 Å². The zero-order valence-corrected chi connectivity index (χ0v) is 13.0. The van der Waals surface area contributed by atoms with E-state index in [9.17, 15) is 14.4 Å². The molecule has 0 saturated heterocycles. The van der Waals surface area contributed by atoms with E-state index in [0.717, 1.165) is 12.0 Å². The molecular formula is C16H20N2O5. The molecule has 1 aliphatic rings. The largest absolute Gasteiger partial charge is 0.467 e. The van der Waals surface area contributed by atoms with Crippen molar-refractivity contribution in [2.75, 3.05) is 13.7 Å². The van der Waals surface area contributed by atoms with Crippen LogP contribution in [0.5, 0.6) is 0 Å². The first-order valence-electron chi connectivity index (χ1n) is 7.40. The number of amides is 2. The fourth-order valence-electron chi connectivity index (χ4n) is 2.34. The second-order valence-electron chi connectivity index (χ2n) is 5.39. The molecule has 0 aromatic heterocycles.